The second-order valence-electron chi connectivity index (χ2n) is 4.30. The molecule has 0 saturated carbocycles. The first kappa shape index (κ1) is 12.0. The third kappa shape index (κ3) is 2.81. The molecule has 3 N–H and O–H groups in total. The molecule has 1 aromatic carbocycles. The molecule has 0 spiro atoms. The fourth-order valence-corrected chi connectivity index (χ4v) is 2.57. The average molecular weight is 287 g/mol. The average Bonchev–Trinajstić information content (AvgIpc) is 2.74. The van der Waals surface area contributed by atoms with E-state index in [0.29, 0.717) is 11.6 Å². The van der Waals surface area contributed by atoms with Crippen LogP contribution in [0.4, 0.5) is 4.39 Å². The molecule has 1 fully saturated rings. The maximum atomic E-state index is 13.6. The topological polar surface area (TPSA) is 38.0 Å². The van der Waals surface area contributed by atoms with Gasteiger partial charge in [0, 0.05) is 22.1 Å². The molecule has 2 unspecified atom stereocenters. The van der Waals surface area contributed by atoms with Gasteiger partial charge in [-0.2, -0.15) is 0 Å². The van der Waals surface area contributed by atoms with Crippen molar-refractivity contribution in [1.82, 2.24) is 5.32 Å². The first-order valence-corrected chi connectivity index (χ1v) is 6.40. The Morgan fingerprint density at radius 3 is 3.06 bits per heavy atom. The maximum Gasteiger partial charge on any atom is 0.128 e. The largest absolute Gasteiger partial charge is 0.324 e. The number of rotatable bonds is 3. The van der Waals surface area contributed by atoms with E-state index < -0.39 is 0 Å². The van der Waals surface area contributed by atoms with Crippen molar-refractivity contribution in [3.8, 4) is 0 Å². The predicted octanol–water partition coefficient (Wildman–Crippen LogP) is 2.73. The van der Waals surface area contributed by atoms with Gasteiger partial charge in [-0.1, -0.05) is 15.9 Å². The van der Waals surface area contributed by atoms with Crippen molar-refractivity contribution in [3.05, 3.63) is 34.1 Å². The first-order valence-electron chi connectivity index (χ1n) is 5.60. The fraction of sp³-hybridized carbons (Fsp3) is 0.500. The summed E-state index contributed by atoms with van der Waals surface area (Å²) in [6, 6.07) is 5.14. The molecule has 0 amide bonds. The fourth-order valence-electron chi connectivity index (χ4n) is 2.19. The normalized spacial score (nSPS) is 22.3. The zero-order chi connectivity index (χ0) is 11.5. The molecule has 2 rings (SSSR count). The minimum Gasteiger partial charge on any atom is -0.324 e. The van der Waals surface area contributed by atoms with Crippen LogP contribution in [-0.4, -0.2) is 12.6 Å². The number of benzene rings is 1. The minimum atomic E-state index is -0.229. The second-order valence-corrected chi connectivity index (χ2v) is 5.22. The Morgan fingerprint density at radius 1 is 1.56 bits per heavy atom. The summed E-state index contributed by atoms with van der Waals surface area (Å²) in [5.74, 6) is -0.214. The third-order valence-electron chi connectivity index (χ3n) is 3.06. The van der Waals surface area contributed by atoms with Crippen LogP contribution in [0.2, 0.25) is 0 Å². The van der Waals surface area contributed by atoms with Gasteiger partial charge in [0.1, 0.15) is 5.82 Å². The van der Waals surface area contributed by atoms with Crippen LogP contribution in [0.25, 0.3) is 0 Å². The highest BCUT2D eigenvalue weighted by Gasteiger charge is 2.20. The molecule has 1 heterocycles. The molecule has 4 heteroatoms. The van der Waals surface area contributed by atoms with Gasteiger partial charge in [-0.3, -0.25) is 0 Å². The molecule has 1 aliphatic heterocycles. The Bertz CT molecular complexity index is 364. The van der Waals surface area contributed by atoms with Crippen molar-refractivity contribution in [2.24, 2.45) is 5.73 Å². The zero-order valence-corrected chi connectivity index (χ0v) is 10.6. The highest BCUT2D eigenvalue weighted by atomic mass is 79.9. The number of nitrogens with one attached hydrogen (secondary N) is 1. The molecular formula is C12H16BrFN2. The van der Waals surface area contributed by atoms with Gasteiger partial charge in [-0.25, -0.2) is 4.39 Å². The summed E-state index contributed by atoms with van der Waals surface area (Å²) in [4.78, 5) is 0. The molecule has 2 nitrogen and oxygen atoms in total. The van der Waals surface area contributed by atoms with Crippen LogP contribution < -0.4 is 11.1 Å². The van der Waals surface area contributed by atoms with Crippen LogP contribution in [-0.2, 0) is 0 Å². The van der Waals surface area contributed by atoms with E-state index in [1.165, 1.54) is 12.5 Å². The van der Waals surface area contributed by atoms with E-state index in [1.807, 2.05) is 0 Å². The Labute approximate surface area is 104 Å². The zero-order valence-electron chi connectivity index (χ0n) is 9.05. The Kier molecular flexibility index (Phi) is 3.95. The van der Waals surface area contributed by atoms with E-state index in [2.05, 4.69) is 21.2 Å². The summed E-state index contributed by atoms with van der Waals surface area (Å²) < 4.78 is 14.4. The van der Waals surface area contributed by atoms with Crippen molar-refractivity contribution in [1.29, 1.82) is 0 Å². The highest BCUT2D eigenvalue weighted by molar-refractivity contribution is 9.10. The summed E-state index contributed by atoms with van der Waals surface area (Å²) in [6.45, 7) is 1.05. The Balaban J connectivity index is 2.07. The molecule has 1 aromatic rings. The van der Waals surface area contributed by atoms with Crippen molar-refractivity contribution in [3.63, 3.8) is 0 Å². The van der Waals surface area contributed by atoms with Crippen LogP contribution >= 0.6 is 15.9 Å². The molecule has 0 bridgehead atoms. The van der Waals surface area contributed by atoms with Gasteiger partial charge in [-0.05, 0) is 44.0 Å². The molecule has 0 aliphatic carbocycles. The summed E-state index contributed by atoms with van der Waals surface area (Å²) >= 11 is 3.34. The van der Waals surface area contributed by atoms with Gasteiger partial charge < -0.3 is 11.1 Å². The lowest BCUT2D eigenvalue weighted by molar-refractivity contribution is 0.482. The molecule has 16 heavy (non-hydrogen) atoms. The van der Waals surface area contributed by atoms with Crippen molar-refractivity contribution >= 4 is 15.9 Å². The molecule has 0 aromatic heterocycles. The van der Waals surface area contributed by atoms with Gasteiger partial charge in [0.25, 0.3) is 0 Å². The molecule has 0 radical (unpaired) electrons. The summed E-state index contributed by atoms with van der Waals surface area (Å²) in [7, 11) is 0. The molecule has 2 atom stereocenters. The maximum absolute atomic E-state index is 13.6. The van der Waals surface area contributed by atoms with Crippen LogP contribution in [0, 0.1) is 5.82 Å². The lowest BCUT2D eigenvalue weighted by Gasteiger charge is -2.17. The van der Waals surface area contributed by atoms with E-state index >= 15 is 0 Å². The minimum absolute atomic E-state index is 0.214. The number of hydrogen-bond donors (Lipinski definition) is 2. The number of hydrogen-bond acceptors (Lipinski definition) is 2. The van der Waals surface area contributed by atoms with Gasteiger partial charge in [0.05, 0.1) is 0 Å². The molecule has 88 valence electrons. The quantitative estimate of drug-likeness (QED) is 0.897. The van der Waals surface area contributed by atoms with Crippen molar-refractivity contribution < 1.29 is 4.39 Å². The summed E-state index contributed by atoms with van der Waals surface area (Å²) in [6.07, 6.45) is 3.13. The third-order valence-corrected chi connectivity index (χ3v) is 3.55. The van der Waals surface area contributed by atoms with E-state index in [4.69, 9.17) is 5.73 Å². The second kappa shape index (κ2) is 5.25. The smallest absolute Gasteiger partial charge is 0.128 e. The van der Waals surface area contributed by atoms with Gasteiger partial charge in [0.15, 0.2) is 0 Å². The monoisotopic (exact) mass is 286 g/mol. The number of halogens is 2. The van der Waals surface area contributed by atoms with Crippen molar-refractivity contribution in [2.75, 3.05) is 6.54 Å². The van der Waals surface area contributed by atoms with Crippen LogP contribution in [0.15, 0.2) is 22.7 Å². The van der Waals surface area contributed by atoms with Crippen LogP contribution in [0.5, 0.6) is 0 Å². The van der Waals surface area contributed by atoms with Gasteiger partial charge in [0.2, 0.25) is 0 Å². The lowest BCUT2D eigenvalue weighted by Crippen LogP contribution is -2.27. The van der Waals surface area contributed by atoms with E-state index in [1.54, 1.807) is 12.1 Å². The standard InChI is InChI=1S/C12H16BrFN2/c13-8-3-4-11(14)10(6-8)12(15)7-9-2-1-5-16-9/h3-4,6,9,12,16H,1-2,5,7,15H2. The van der Waals surface area contributed by atoms with Gasteiger partial charge >= 0.3 is 0 Å². The first-order chi connectivity index (χ1) is 7.66. The molecule has 1 saturated heterocycles. The van der Waals surface area contributed by atoms with Gasteiger partial charge in [-0.15, -0.1) is 0 Å². The highest BCUT2D eigenvalue weighted by Crippen LogP contribution is 2.25. The Hall–Kier alpha value is -0.450. The Morgan fingerprint density at radius 2 is 2.38 bits per heavy atom. The van der Waals surface area contributed by atoms with E-state index in [9.17, 15) is 4.39 Å². The van der Waals surface area contributed by atoms with E-state index in [-0.39, 0.29) is 11.9 Å². The summed E-state index contributed by atoms with van der Waals surface area (Å²) in [5, 5.41) is 3.38. The molecular weight excluding hydrogens is 271 g/mol. The van der Waals surface area contributed by atoms with E-state index in [0.717, 1.165) is 23.9 Å². The van der Waals surface area contributed by atoms with Crippen LogP contribution in [0.1, 0.15) is 30.9 Å². The number of nitrogens with two attached hydrogens (primary N) is 1. The van der Waals surface area contributed by atoms with Crippen LogP contribution in [0.3, 0.4) is 0 Å². The molecule has 1 aliphatic rings. The summed E-state index contributed by atoms with van der Waals surface area (Å²) in [5.41, 5.74) is 6.64. The lowest BCUT2D eigenvalue weighted by atomic mass is 9.99. The SMILES string of the molecule is NC(CC1CCCN1)c1cc(Br)ccc1F. The predicted molar refractivity (Wildman–Crippen MR) is 66.7 cm³/mol. The van der Waals surface area contributed by atoms with Crippen molar-refractivity contribution in [2.45, 2.75) is 31.3 Å².